The number of carbonyl (C=O) groups is 2. The Balaban J connectivity index is 1.47. The average Bonchev–Trinajstić information content (AvgIpc) is 3.27. The lowest BCUT2D eigenvalue weighted by Crippen LogP contribution is -2.20. The molecule has 0 atom stereocenters. The van der Waals surface area contributed by atoms with Crippen molar-refractivity contribution in [3.63, 3.8) is 0 Å². The summed E-state index contributed by atoms with van der Waals surface area (Å²) in [7, 11) is -4.00. The molecule has 0 saturated carbocycles. The number of aromatic nitrogens is 2. The molecular weight excluding hydrogens is 540 g/mol. The van der Waals surface area contributed by atoms with Crippen molar-refractivity contribution in [3.05, 3.63) is 113 Å². The van der Waals surface area contributed by atoms with Gasteiger partial charge >= 0.3 is 0 Å². The molecule has 0 aliphatic carbocycles. The van der Waals surface area contributed by atoms with E-state index in [0.717, 1.165) is 11.8 Å². The number of benzene rings is 3. The number of amides is 2. The highest BCUT2D eigenvalue weighted by Gasteiger charge is 2.26. The largest absolute Gasteiger partial charge is 0.449 e. The number of rotatable bonds is 7. The third-order valence-electron chi connectivity index (χ3n) is 5.73. The minimum atomic E-state index is -4.00. The second-order valence-electron chi connectivity index (χ2n) is 8.67. The minimum absolute atomic E-state index is 0.0860. The van der Waals surface area contributed by atoms with Gasteiger partial charge in [-0.25, -0.2) is 18.4 Å². The number of fused-ring (bicyclic) bond motifs is 1. The molecule has 11 heteroatoms. The number of para-hydroxylation sites is 2. The molecule has 3 aromatic carbocycles. The Morgan fingerprint density at radius 2 is 1.67 bits per heavy atom. The van der Waals surface area contributed by atoms with E-state index < -0.39 is 26.8 Å². The molecule has 0 spiro atoms. The van der Waals surface area contributed by atoms with Gasteiger partial charge < -0.3 is 15.1 Å². The first-order valence-corrected chi connectivity index (χ1v) is 13.7. The molecule has 0 radical (unpaired) electrons. The van der Waals surface area contributed by atoms with Crippen molar-refractivity contribution >= 4 is 55.6 Å². The summed E-state index contributed by atoms with van der Waals surface area (Å²) >= 11 is 6.21. The minimum Gasteiger partial charge on any atom is -0.449 e. The molecule has 2 heterocycles. The molecule has 0 fully saturated rings. The number of halogens is 1. The zero-order valence-corrected chi connectivity index (χ0v) is 22.1. The fourth-order valence-corrected chi connectivity index (χ4v) is 5.33. The highest BCUT2D eigenvalue weighted by Crippen LogP contribution is 2.32. The van der Waals surface area contributed by atoms with Crippen molar-refractivity contribution in [2.45, 2.75) is 17.8 Å². The summed E-state index contributed by atoms with van der Waals surface area (Å²) in [5.74, 6) is -1.93. The van der Waals surface area contributed by atoms with Crippen molar-refractivity contribution in [1.82, 2.24) is 9.97 Å². The Bertz CT molecular complexity index is 1820. The van der Waals surface area contributed by atoms with Crippen LogP contribution in [0.4, 0.5) is 11.4 Å². The Morgan fingerprint density at radius 3 is 2.44 bits per heavy atom. The lowest BCUT2D eigenvalue weighted by molar-refractivity contribution is 0.0999. The van der Waals surface area contributed by atoms with Crippen LogP contribution in [0.15, 0.2) is 94.6 Å². The molecule has 0 aliphatic rings. The van der Waals surface area contributed by atoms with E-state index in [2.05, 4.69) is 20.6 Å². The van der Waals surface area contributed by atoms with E-state index >= 15 is 0 Å². The van der Waals surface area contributed by atoms with E-state index in [0.29, 0.717) is 22.2 Å². The maximum atomic E-state index is 13.3. The molecule has 0 unspecified atom stereocenters. The van der Waals surface area contributed by atoms with Gasteiger partial charge in [0.15, 0.2) is 5.69 Å². The zero-order chi connectivity index (χ0) is 27.6. The van der Waals surface area contributed by atoms with Crippen LogP contribution >= 0.6 is 11.6 Å². The normalized spacial score (nSPS) is 11.3. The van der Waals surface area contributed by atoms with Gasteiger partial charge in [0.1, 0.15) is 11.3 Å². The summed E-state index contributed by atoms with van der Waals surface area (Å²) in [6.07, 6.45) is 1.06. The van der Waals surface area contributed by atoms with Gasteiger partial charge in [-0.2, -0.15) is 0 Å². The molecule has 196 valence electrons. The highest BCUT2D eigenvalue weighted by molar-refractivity contribution is 7.90. The Kier molecular flexibility index (Phi) is 7.14. The smallest absolute Gasteiger partial charge is 0.293 e. The molecule has 2 N–H and O–H groups in total. The van der Waals surface area contributed by atoms with Crippen LogP contribution in [-0.4, -0.2) is 30.2 Å². The van der Waals surface area contributed by atoms with E-state index in [4.69, 9.17) is 16.0 Å². The first-order chi connectivity index (χ1) is 18.7. The van der Waals surface area contributed by atoms with Crippen LogP contribution in [0.25, 0.3) is 11.0 Å². The fraction of sp³-hybridized carbons (Fsp3) is 0.0714. The zero-order valence-electron chi connectivity index (χ0n) is 20.5. The molecule has 2 aromatic heterocycles. The van der Waals surface area contributed by atoms with Gasteiger partial charge in [-0.05, 0) is 36.8 Å². The lowest BCUT2D eigenvalue weighted by Gasteiger charge is -2.09. The Labute approximate surface area is 228 Å². The van der Waals surface area contributed by atoms with Gasteiger partial charge in [0, 0.05) is 11.1 Å². The van der Waals surface area contributed by atoms with Gasteiger partial charge in [0.2, 0.25) is 20.8 Å². The van der Waals surface area contributed by atoms with Crippen LogP contribution in [0.1, 0.15) is 32.2 Å². The summed E-state index contributed by atoms with van der Waals surface area (Å²) < 4.78 is 31.8. The predicted molar refractivity (Wildman–Crippen MR) is 148 cm³/mol. The van der Waals surface area contributed by atoms with Crippen molar-refractivity contribution in [3.8, 4) is 0 Å². The monoisotopic (exact) mass is 560 g/mol. The molecule has 9 nitrogen and oxygen atoms in total. The molecule has 0 saturated heterocycles. The van der Waals surface area contributed by atoms with Crippen LogP contribution < -0.4 is 10.6 Å². The van der Waals surface area contributed by atoms with Crippen molar-refractivity contribution in [2.24, 2.45) is 0 Å². The average molecular weight is 561 g/mol. The SMILES string of the molecule is Cc1cccc(CS(=O)(=O)c2ncc(Cl)c(C(=O)Nc3c(C(=O)Nc4ccccc4)oc4ccccc34)n2)c1. The lowest BCUT2D eigenvalue weighted by atomic mass is 10.2. The highest BCUT2D eigenvalue weighted by atomic mass is 35.5. The maximum Gasteiger partial charge on any atom is 0.293 e. The van der Waals surface area contributed by atoms with E-state index in [9.17, 15) is 18.0 Å². The number of anilines is 2. The van der Waals surface area contributed by atoms with Crippen LogP contribution in [0.2, 0.25) is 5.02 Å². The van der Waals surface area contributed by atoms with Crippen molar-refractivity contribution in [1.29, 1.82) is 0 Å². The third-order valence-corrected chi connectivity index (χ3v) is 7.47. The van der Waals surface area contributed by atoms with Crippen molar-refractivity contribution < 1.29 is 22.4 Å². The van der Waals surface area contributed by atoms with E-state index in [1.807, 2.05) is 19.1 Å². The molecule has 0 bridgehead atoms. The summed E-state index contributed by atoms with van der Waals surface area (Å²) in [6.45, 7) is 1.85. The number of furan rings is 1. The van der Waals surface area contributed by atoms with Crippen LogP contribution in [-0.2, 0) is 15.6 Å². The number of nitrogens with one attached hydrogen (secondary N) is 2. The number of hydrogen-bond acceptors (Lipinski definition) is 7. The van der Waals surface area contributed by atoms with E-state index in [1.165, 1.54) is 0 Å². The molecular formula is C28H21ClN4O5S. The second kappa shape index (κ2) is 10.7. The van der Waals surface area contributed by atoms with Gasteiger partial charge in [-0.1, -0.05) is 71.8 Å². The standard InChI is InChI=1S/C28H21ClN4O5S/c1-17-8-7-9-18(14-17)16-39(36,37)28-30-15-21(29)24(33-28)26(34)32-23-20-12-5-6-13-22(20)38-25(23)27(35)31-19-10-3-2-4-11-19/h2-15H,16H2,1H3,(H,31,35)(H,32,34). The quantitative estimate of drug-likeness (QED) is 0.245. The Hall–Kier alpha value is -4.54. The van der Waals surface area contributed by atoms with Gasteiger partial charge in [0.25, 0.3) is 11.8 Å². The Morgan fingerprint density at radius 1 is 0.923 bits per heavy atom. The van der Waals surface area contributed by atoms with Gasteiger partial charge in [0.05, 0.1) is 17.0 Å². The number of sulfone groups is 1. The molecule has 0 aliphatic heterocycles. The summed E-state index contributed by atoms with van der Waals surface area (Å²) in [5, 5.41) is 5.11. The predicted octanol–water partition coefficient (Wildman–Crippen LogP) is 5.66. The number of nitrogens with zero attached hydrogens (tertiary/aromatic N) is 2. The number of aryl methyl sites for hydroxylation is 1. The van der Waals surface area contributed by atoms with Gasteiger partial charge in [-0.15, -0.1) is 0 Å². The van der Waals surface area contributed by atoms with E-state index in [1.54, 1.807) is 66.7 Å². The van der Waals surface area contributed by atoms with Crippen LogP contribution in [0.5, 0.6) is 0 Å². The summed E-state index contributed by atoms with van der Waals surface area (Å²) in [5.41, 5.74) is 2.07. The molecule has 2 amide bonds. The topological polar surface area (TPSA) is 131 Å². The first kappa shape index (κ1) is 26.1. The third kappa shape index (κ3) is 5.66. The van der Waals surface area contributed by atoms with Gasteiger partial charge in [-0.3, -0.25) is 9.59 Å². The molecule has 39 heavy (non-hydrogen) atoms. The fourth-order valence-electron chi connectivity index (χ4n) is 3.96. The maximum absolute atomic E-state index is 13.3. The van der Waals surface area contributed by atoms with Crippen molar-refractivity contribution in [2.75, 3.05) is 10.6 Å². The number of hydrogen-bond donors (Lipinski definition) is 2. The first-order valence-electron chi connectivity index (χ1n) is 11.7. The second-order valence-corrected chi connectivity index (χ2v) is 11.0. The summed E-state index contributed by atoms with van der Waals surface area (Å²) in [6, 6.07) is 22.5. The van der Waals surface area contributed by atoms with E-state index in [-0.39, 0.29) is 27.9 Å². The molecule has 5 aromatic rings. The van der Waals surface area contributed by atoms with Crippen LogP contribution in [0.3, 0.4) is 0 Å². The number of carbonyl (C=O) groups excluding carboxylic acids is 2. The molecule has 5 rings (SSSR count). The van der Waals surface area contributed by atoms with Crippen LogP contribution in [0, 0.1) is 6.92 Å². The summed E-state index contributed by atoms with van der Waals surface area (Å²) in [4.78, 5) is 34.3.